The molecule has 2 aromatic heterocycles. The van der Waals surface area contributed by atoms with Crippen LogP contribution in [-0.2, 0) is 4.74 Å². The third-order valence-electron chi connectivity index (χ3n) is 2.26. The van der Waals surface area contributed by atoms with Gasteiger partial charge in [0.25, 0.3) is 0 Å². The molecule has 0 aliphatic rings. The van der Waals surface area contributed by atoms with Gasteiger partial charge in [0.15, 0.2) is 0 Å². The largest absolute Gasteiger partial charge is 0.465 e. The Labute approximate surface area is 107 Å². The number of pyridine rings is 2. The molecule has 0 saturated heterocycles. The minimum atomic E-state index is -0.515. The maximum atomic E-state index is 11.4. The van der Waals surface area contributed by atoms with Gasteiger partial charge in [-0.05, 0) is 18.2 Å². The molecule has 0 fully saturated rings. The molecule has 2 rings (SSSR count). The highest BCUT2D eigenvalue weighted by atomic mass is 35.5. The number of hydrogen-bond acceptors (Lipinski definition) is 4. The number of nitrogens with one attached hydrogen (secondary N) is 1. The van der Waals surface area contributed by atoms with Gasteiger partial charge in [-0.3, -0.25) is 4.79 Å². The Morgan fingerprint density at radius 2 is 2.17 bits per heavy atom. The van der Waals surface area contributed by atoms with Gasteiger partial charge in [0.05, 0.1) is 24.1 Å². The number of carbonyl (C=O) groups excluding carboxylic acids is 1. The van der Waals surface area contributed by atoms with Gasteiger partial charge in [-0.15, -0.1) is 0 Å². The molecule has 0 spiro atoms. The van der Waals surface area contributed by atoms with Gasteiger partial charge in [-0.25, -0.2) is 9.78 Å². The molecule has 0 unspecified atom stereocenters. The normalized spacial score (nSPS) is 10.1. The smallest absolute Gasteiger partial charge is 0.338 e. The van der Waals surface area contributed by atoms with Gasteiger partial charge in [-0.1, -0.05) is 17.7 Å². The van der Waals surface area contributed by atoms with Crippen molar-refractivity contribution in [2.45, 2.75) is 0 Å². The number of carbonyl (C=O) groups is 1. The van der Waals surface area contributed by atoms with E-state index < -0.39 is 5.97 Å². The van der Waals surface area contributed by atoms with Crippen LogP contribution < -0.4 is 5.56 Å². The summed E-state index contributed by atoms with van der Waals surface area (Å²) in [6.07, 6.45) is 0. The second-order valence-corrected chi connectivity index (χ2v) is 3.87. The third kappa shape index (κ3) is 2.57. The number of halogens is 1. The number of ether oxygens (including phenoxy) is 1. The zero-order valence-electron chi connectivity index (χ0n) is 9.44. The molecular formula is C12H9ClN2O3. The summed E-state index contributed by atoms with van der Waals surface area (Å²) in [5.74, 6) is -0.515. The molecule has 6 heteroatoms. The monoisotopic (exact) mass is 264 g/mol. The first-order valence-corrected chi connectivity index (χ1v) is 5.43. The minimum absolute atomic E-state index is 0.151. The van der Waals surface area contributed by atoms with Crippen molar-refractivity contribution in [3.63, 3.8) is 0 Å². The summed E-state index contributed by atoms with van der Waals surface area (Å²) in [5.41, 5.74) is 0.904. The van der Waals surface area contributed by atoms with E-state index in [4.69, 9.17) is 11.6 Å². The van der Waals surface area contributed by atoms with E-state index in [0.717, 1.165) is 0 Å². The van der Waals surface area contributed by atoms with Crippen LogP contribution >= 0.6 is 11.6 Å². The molecule has 92 valence electrons. The Balaban J connectivity index is 2.55. The molecule has 18 heavy (non-hydrogen) atoms. The number of hydrogen-bond donors (Lipinski definition) is 1. The second kappa shape index (κ2) is 5.01. The van der Waals surface area contributed by atoms with Crippen LogP contribution in [0.1, 0.15) is 10.4 Å². The average molecular weight is 265 g/mol. The van der Waals surface area contributed by atoms with Gasteiger partial charge in [0.2, 0.25) is 5.56 Å². The molecule has 0 atom stereocenters. The highest BCUT2D eigenvalue weighted by molar-refractivity contribution is 6.29. The molecule has 1 N–H and O–H groups in total. The Hall–Kier alpha value is -2.14. The summed E-state index contributed by atoms with van der Waals surface area (Å²) < 4.78 is 4.61. The van der Waals surface area contributed by atoms with Crippen molar-refractivity contribution in [2.24, 2.45) is 0 Å². The molecule has 2 aromatic rings. The van der Waals surface area contributed by atoms with Crippen LogP contribution in [-0.4, -0.2) is 23.0 Å². The van der Waals surface area contributed by atoms with Crippen LogP contribution in [0.3, 0.4) is 0 Å². The van der Waals surface area contributed by atoms with E-state index in [1.54, 1.807) is 12.1 Å². The van der Waals surface area contributed by atoms with E-state index in [2.05, 4.69) is 14.7 Å². The molecule has 0 amide bonds. The first-order valence-electron chi connectivity index (χ1n) is 5.06. The van der Waals surface area contributed by atoms with Crippen LogP contribution in [0.2, 0.25) is 5.15 Å². The standard InChI is InChI=1S/C12H9ClN2O3/c1-18-12(17)7-5-9(14-10(13)6-7)8-3-2-4-11(16)15-8/h2-6H,1H3,(H,15,16). The number of aromatic nitrogens is 2. The van der Waals surface area contributed by atoms with Gasteiger partial charge >= 0.3 is 5.97 Å². The zero-order chi connectivity index (χ0) is 13.1. The van der Waals surface area contributed by atoms with Gasteiger partial charge in [0.1, 0.15) is 5.15 Å². The Morgan fingerprint density at radius 3 is 2.83 bits per heavy atom. The predicted molar refractivity (Wildman–Crippen MR) is 66.6 cm³/mol. The number of esters is 1. The lowest BCUT2D eigenvalue weighted by Crippen LogP contribution is -2.06. The fourth-order valence-electron chi connectivity index (χ4n) is 1.47. The van der Waals surface area contributed by atoms with Crippen LogP contribution in [0.15, 0.2) is 35.1 Å². The van der Waals surface area contributed by atoms with Crippen molar-refractivity contribution in [2.75, 3.05) is 7.11 Å². The summed E-state index contributed by atoms with van der Waals surface area (Å²) in [6.45, 7) is 0. The van der Waals surface area contributed by atoms with E-state index in [1.807, 2.05) is 0 Å². The molecule has 0 bridgehead atoms. The third-order valence-corrected chi connectivity index (χ3v) is 2.45. The molecule has 0 aromatic carbocycles. The van der Waals surface area contributed by atoms with Crippen molar-refractivity contribution in [3.8, 4) is 11.4 Å². The first kappa shape index (κ1) is 12.3. The molecule has 5 nitrogen and oxygen atoms in total. The molecule has 0 aliphatic heterocycles. The molecule has 2 heterocycles. The van der Waals surface area contributed by atoms with Crippen molar-refractivity contribution >= 4 is 17.6 Å². The summed E-state index contributed by atoms with van der Waals surface area (Å²) >= 11 is 5.83. The Kier molecular flexibility index (Phi) is 3.43. The second-order valence-electron chi connectivity index (χ2n) is 3.48. The fourth-order valence-corrected chi connectivity index (χ4v) is 1.68. The summed E-state index contributed by atoms with van der Waals surface area (Å²) in [6, 6.07) is 7.55. The van der Waals surface area contributed by atoms with Crippen molar-refractivity contribution in [1.29, 1.82) is 0 Å². The highest BCUT2D eigenvalue weighted by Crippen LogP contribution is 2.19. The SMILES string of the molecule is COC(=O)c1cc(Cl)nc(-c2cccc(=O)[nH]2)c1. The maximum absolute atomic E-state index is 11.4. The van der Waals surface area contributed by atoms with E-state index in [0.29, 0.717) is 11.4 Å². The lowest BCUT2D eigenvalue weighted by atomic mass is 10.2. The van der Waals surface area contributed by atoms with E-state index >= 15 is 0 Å². The van der Waals surface area contributed by atoms with Crippen molar-refractivity contribution in [1.82, 2.24) is 9.97 Å². The summed E-state index contributed by atoms with van der Waals surface area (Å²) in [4.78, 5) is 29.3. The van der Waals surface area contributed by atoms with Crippen LogP contribution in [0, 0.1) is 0 Å². The molecule has 0 aliphatic carbocycles. The fraction of sp³-hybridized carbons (Fsp3) is 0.0833. The van der Waals surface area contributed by atoms with E-state index in [1.165, 1.54) is 25.3 Å². The Morgan fingerprint density at radius 1 is 1.39 bits per heavy atom. The zero-order valence-corrected chi connectivity index (χ0v) is 10.2. The lowest BCUT2D eigenvalue weighted by molar-refractivity contribution is 0.0600. The number of aromatic amines is 1. The highest BCUT2D eigenvalue weighted by Gasteiger charge is 2.10. The summed E-state index contributed by atoms with van der Waals surface area (Å²) in [5, 5.41) is 0.151. The van der Waals surface area contributed by atoms with Gasteiger partial charge in [-0.2, -0.15) is 0 Å². The maximum Gasteiger partial charge on any atom is 0.338 e. The van der Waals surface area contributed by atoms with Gasteiger partial charge in [0, 0.05) is 6.07 Å². The van der Waals surface area contributed by atoms with E-state index in [-0.39, 0.29) is 16.3 Å². The molecule has 0 radical (unpaired) electrons. The van der Waals surface area contributed by atoms with Crippen molar-refractivity contribution < 1.29 is 9.53 Å². The predicted octanol–water partition coefficient (Wildman–Crippen LogP) is 1.88. The minimum Gasteiger partial charge on any atom is -0.465 e. The number of H-pyrrole nitrogens is 1. The number of nitrogens with zero attached hydrogens (tertiary/aromatic N) is 1. The van der Waals surface area contributed by atoms with Crippen LogP contribution in [0.5, 0.6) is 0 Å². The van der Waals surface area contributed by atoms with Crippen LogP contribution in [0.25, 0.3) is 11.4 Å². The number of rotatable bonds is 2. The number of methoxy groups -OCH3 is 1. The lowest BCUT2D eigenvalue weighted by Gasteiger charge is -2.04. The first-order chi connectivity index (χ1) is 8.60. The molecule has 0 saturated carbocycles. The van der Waals surface area contributed by atoms with E-state index in [9.17, 15) is 9.59 Å². The molecular weight excluding hydrogens is 256 g/mol. The average Bonchev–Trinajstić information content (AvgIpc) is 2.37. The Bertz CT molecular complexity index is 652. The van der Waals surface area contributed by atoms with Crippen molar-refractivity contribution in [3.05, 3.63) is 51.4 Å². The quantitative estimate of drug-likeness (QED) is 0.664. The topological polar surface area (TPSA) is 72.0 Å². The van der Waals surface area contributed by atoms with Gasteiger partial charge < -0.3 is 9.72 Å². The van der Waals surface area contributed by atoms with Crippen LogP contribution in [0.4, 0.5) is 0 Å². The summed E-state index contributed by atoms with van der Waals surface area (Å²) in [7, 11) is 1.28.